The van der Waals surface area contributed by atoms with Crippen LogP contribution in [-0.2, 0) is 19.1 Å². The van der Waals surface area contributed by atoms with E-state index in [1.165, 1.54) is 30.7 Å². The average molecular weight is 415 g/mol. The number of nitrogens with zero attached hydrogens (tertiary/aromatic N) is 4. The summed E-state index contributed by atoms with van der Waals surface area (Å²) in [5.41, 5.74) is 6.96. The first-order valence-corrected chi connectivity index (χ1v) is 9.00. The minimum absolute atomic E-state index is 0.228. The average Bonchev–Trinajstić information content (AvgIpc) is 2.73. The van der Waals surface area contributed by atoms with E-state index < -0.39 is 11.7 Å². The van der Waals surface area contributed by atoms with Crippen molar-refractivity contribution in [2.45, 2.75) is 19.1 Å². The smallest absolute Gasteiger partial charge is 0.416 e. The minimum atomic E-state index is -4.42. The van der Waals surface area contributed by atoms with E-state index in [1.807, 2.05) is 0 Å². The number of nitrogen functional groups attached to an aromatic ring is 1. The number of carbonyl (C=O) groups excluding carboxylic acids is 1. The van der Waals surface area contributed by atoms with Gasteiger partial charge in [0, 0.05) is 24.0 Å². The van der Waals surface area contributed by atoms with Crippen LogP contribution in [0.15, 0.2) is 48.9 Å². The summed E-state index contributed by atoms with van der Waals surface area (Å²) in [6, 6.07) is 7.48. The third kappa shape index (κ3) is 4.02. The molecule has 0 aliphatic carbocycles. The monoisotopic (exact) mass is 415 g/mol. The van der Waals surface area contributed by atoms with Gasteiger partial charge in [0.05, 0.1) is 17.8 Å². The number of anilines is 1. The predicted molar refractivity (Wildman–Crippen MR) is 101 cm³/mol. The number of alkyl halides is 3. The van der Waals surface area contributed by atoms with Gasteiger partial charge in [0.1, 0.15) is 17.8 Å². The summed E-state index contributed by atoms with van der Waals surface area (Å²) in [4.78, 5) is 26.7. The Balaban J connectivity index is 1.52. The molecule has 2 aromatic heterocycles. The Morgan fingerprint density at radius 2 is 1.87 bits per heavy atom. The van der Waals surface area contributed by atoms with E-state index in [1.54, 1.807) is 11.0 Å². The third-order valence-electron chi connectivity index (χ3n) is 4.65. The van der Waals surface area contributed by atoms with E-state index in [0.717, 1.165) is 12.1 Å². The molecule has 4 rings (SSSR count). The van der Waals surface area contributed by atoms with Crippen LogP contribution in [0.4, 0.5) is 18.9 Å². The highest BCUT2D eigenvalue weighted by atomic mass is 19.4. The van der Waals surface area contributed by atoms with E-state index in [9.17, 15) is 18.0 Å². The molecule has 30 heavy (non-hydrogen) atoms. The van der Waals surface area contributed by atoms with Crippen molar-refractivity contribution in [3.63, 3.8) is 0 Å². The number of nitrogens with two attached hydrogens (primary N) is 1. The summed E-state index contributed by atoms with van der Waals surface area (Å²) >= 11 is 0. The van der Waals surface area contributed by atoms with E-state index in [2.05, 4.69) is 15.0 Å². The number of amides is 1. The molecule has 10 heteroatoms. The highest BCUT2D eigenvalue weighted by molar-refractivity contribution is 5.93. The molecule has 3 heterocycles. The summed E-state index contributed by atoms with van der Waals surface area (Å²) in [6.07, 6.45) is -1.22. The summed E-state index contributed by atoms with van der Waals surface area (Å²) in [5.74, 6) is 0.220. The Bertz CT molecular complexity index is 1090. The Morgan fingerprint density at radius 1 is 1.10 bits per heavy atom. The van der Waals surface area contributed by atoms with Gasteiger partial charge in [-0.05, 0) is 42.8 Å². The first-order chi connectivity index (χ1) is 14.3. The van der Waals surface area contributed by atoms with Gasteiger partial charge < -0.3 is 15.4 Å². The fourth-order valence-corrected chi connectivity index (χ4v) is 3.14. The molecule has 0 saturated carbocycles. The van der Waals surface area contributed by atoms with Crippen molar-refractivity contribution in [3.05, 3.63) is 71.4 Å². The van der Waals surface area contributed by atoms with Gasteiger partial charge in [-0.1, -0.05) is 0 Å². The summed E-state index contributed by atoms with van der Waals surface area (Å²) in [6.45, 7) is 0.621. The molecular formula is C20H16F3N5O2. The Morgan fingerprint density at radius 3 is 2.57 bits per heavy atom. The molecule has 0 atom stereocenters. The standard InChI is InChI=1S/C20H16F3N5O2/c21-20(22,23)12-1-3-14(4-2-12)30-18-15-6-8-28(10-17(15)26-11-27-18)19(29)16-9-13(24)5-7-25-16/h1-5,7,9,11H,6,8,10H2,(H2,24,25). The topological polar surface area (TPSA) is 94.2 Å². The van der Waals surface area contributed by atoms with Gasteiger partial charge in [0.25, 0.3) is 5.91 Å². The maximum Gasteiger partial charge on any atom is 0.416 e. The molecule has 7 nitrogen and oxygen atoms in total. The number of hydrogen-bond donors (Lipinski definition) is 1. The van der Waals surface area contributed by atoms with Crippen LogP contribution in [0.25, 0.3) is 0 Å². The lowest BCUT2D eigenvalue weighted by atomic mass is 10.1. The highest BCUT2D eigenvalue weighted by Crippen LogP contribution is 2.33. The summed E-state index contributed by atoms with van der Waals surface area (Å²) < 4.78 is 43.8. The summed E-state index contributed by atoms with van der Waals surface area (Å²) in [7, 11) is 0. The number of carbonyl (C=O) groups is 1. The maximum absolute atomic E-state index is 12.7. The minimum Gasteiger partial charge on any atom is -0.439 e. The fourth-order valence-electron chi connectivity index (χ4n) is 3.14. The summed E-state index contributed by atoms with van der Waals surface area (Å²) in [5, 5.41) is 0. The maximum atomic E-state index is 12.7. The van der Waals surface area contributed by atoms with Crippen LogP contribution >= 0.6 is 0 Å². The fraction of sp³-hybridized carbons (Fsp3) is 0.200. The van der Waals surface area contributed by atoms with Crippen molar-refractivity contribution in [1.82, 2.24) is 19.9 Å². The molecule has 2 N–H and O–H groups in total. The van der Waals surface area contributed by atoms with Gasteiger partial charge in [-0.3, -0.25) is 9.78 Å². The van der Waals surface area contributed by atoms with Crippen LogP contribution in [0.1, 0.15) is 27.3 Å². The van der Waals surface area contributed by atoms with E-state index in [-0.39, 0.29) is 29.8 Å². The molecule has 1 amide bonds. The largest absolute Gasteiger partial charge is 0.439 e. The van der Waals surface area contributed by atoms with Crippen molar-refractivity contribution in [2.75, 3.05) is 12.3 Å². The van der Waals surface area contributed by atoms with Crippen molar-refractivity contribution >= 4 is 11.6 Å². The highest BCUT2D eigenvalue weighted by Gasteiger charge is 2.30. The molecule has 0 unspecified atom stereocenters. The van der Waals surface area contributed by atoms with Crippen molar-refractivity contribution in [1.29, 1.82) is 0 Å². The van der Waals surface area contributed by atoms with Gasteiger partial charge >= 0.3 is 6.18 Å². The molecule has 1 aliphatic heterocycles. The SMILES string of the molecule is Nc1ccnc(C(=O)N2CCc3c(ncnc3Oc3ccc(C(F)(F)F)cc3)C2)c1. The molecule has 0 spiro atoms. The molecule has 0 bridgehead atoms. The molecule has 3 aromatic rings. The lowest BCUT2D eigenvalue weighted by molar-refractivity contribution is -0.137. The molecule has 0 radical (unpaired) electrons. The number of aromatic nitrogens is 3. The van der Waals surface area contributed by atoms with Gasteiger partial charge in [0.15, 0.2) is 0 Å². The zero-order valence-corrected chi connectivity index (χ0v) is 15.6. The number of ether oxygens (including phenoxy) is 1. The molecular weight excluding hydrogens is 399 g/mol. The second-order valence-corrected chi connectivity index (χ2v) is 6.68. The number of halogens is 3. The number of hydrogen-bond acceptors (Lipinski definition) is 6. The first kappa shape index (κ1) is 19.6. The number of pyridine rings is 1. The zero-order valence-electron chi connectivity index (χ0n) is 15.6. The molecule has 1 aromatic carbocycles. The lowest BCUT2D eigenvalue weighted by Crippen LogP contribution is -2.37. The molecule has 0 fully saturated rings. The second-order valence-electron chi connectivity index (χ2n) is 6.68. The molecule has 1 aliphatic rings. The zero-order chi connectivity index (χ0) is 21.3. The number of benzene rings is 1. The second kappa shape index (κ2) is 7.62. The number of rotatable bonds is 3. The molecule has 0 saturated heterocycles. The van der Waals surface area contributed by atoms with E-state index in [0.29, 0.717) is 29.9 Å². The first-order valence-electron chi connectivity index (χ1n) is 9.00. The van der Waals surface area contributed by atoms with Gasteiger partial charge in [-0.25, -0.2) is 9.97 Å². The lowest BCUT2D eigenvalue weighted by Gasteiger charge is -2.28. The predicted octanol–water partition coefficient (Wildman–Crippen LogP) is 3.46. The van der Waals surface area contributed by atoms with Crippen LogP contribution in [0.3, 0.4) is 0 Å². The normalized spacial score (nSPS) is 13.6. The van der Waals surface area contributed by atoms with Gasteiger partial charge in [-0.2, -0.15) is 13.2 Å². The number of fused-ring (bicyclic) bond motifs is 1. The van der Waals surface area contributed by atoms with Crippen LogP contribution < -0.4 is 10.5 Å². The van der Waals surface area contributed by atoms with E-state index >= 15 is 0 Å². The van der Waals surface area contributed by atoms with Crippen LogP contribution in [0.5, 0.6) is 11.6 Å². The van der Waals surface area contributed by atoms with Crippen molar-refractivity contribution < 1.29 is 22.7 Å². The van der Waals surface area contributed by atoms with Gasteiger partial charge in [-0.15, -0.1) is 0 Å². The Kier molecular flexibility index (Phi) is 4.98. The third-order valence-corrected chi connectivity index (χ3v) is 4.65. The van der Waals surface area contributed by atoms with Crippen LogP contribution in [0.2, 0.25) is 0 Å². The molecule has 154 valence electrons. The Hall–Kier alpha value is -3.69. The van der Waals surface area contributed by atoms with Crippen LogP contribution in [-0.4, -0.2) is 32.3 Å². The quantitative estimate of drug-likeness (QED) is 0.704. The Labute approximate surface area is 169 Å². The van der Waals surface area contributed by atoms with Crippen molar-refractivity contribution in [3.8, 4) is 11.6 Å². The van der Waals surface area contributed by atoms with E-state index in [4.69, 9.17) is 10.5 Å². The van der Waals surface area contributed by atoms with Crippen molar-refractivity contribution in [2.24, 2.45) is 0 Å². The van der Waals surface area contributed by atoms with Gasteiger partial charge in [0.2, 0.25) is 5.88 Å². The van der Waals surface area contributed by atoms with Crippen LogP contribution in [0, 0.1) is 0 Å².